The second kappa shape index (κ2) is 8.01. The van der Waals surface area contributed by atoms with Gasteiger partial charge in [0.1, 0.15) is 5.82 Å². The second-order valence-corrected chi connectivity index (χ2v) is 4.99. The van der Waals surface area contributed by atoms with Gasteiger partial charge >= 0.3 is 5.97 Å². The number of Topliss-reactive ketones (excluding diaryl/α,β-unsaturated/α-hetero) is 1. The number of ether oxygens (including phenoxy) is 1. The van der Waals surface area contributed by atoms with Crippen molar-refractivity contribution in [2.45, 2.75) is 12.8 Å². The molecule has 0 aromatic heterocycles. The summed E-state index contributed by atoms with van der Waals surface area (Å²) >= 11 is 0. The maximum absolute atomic E-state index is 13.5. The molecule has 2 aromatic rings. The van der Waals surface area contributed by atoms with Crippen LogP contribution in [-0.4, -0.2) is 24.8 Å². The average Bonchev–Trinajstić information content (AvgIpc) is 2.60. The molecule has 0 aliphatic carbocycles. The Labute approximate surface area is 138 Å². The molecule has 0 saturated heterocycles. The van der Waals surface area contributed by atoms with Crippen molar-refractivity contribution in [2.75, 3.05) is 12.4 Å². The highest BCUT2D eigenvalue weighted by molar-refractivity contribution is 6.03. The van der Waals surface area contributed by atoms with Gasteiger partial charge in [-0.15, -0.1) is 0 Å². The molecule has 5 nitrogen and oxygen atoms in total. The summed E-state index contributed by atoms with van der Waals surface area (Å²) < 4.78 is 18.2. The Kier molecular flexibility index (Phi) is 5.78. The van der Waals surface area contributed by atoms with Crippen LogP contribution in [0.5, 0.6) is 0 Å². The Balaban J connectivity index is 1.99. The van der Waals surface area contributed by atoms with Gasteiger partial charge in [0.05, 0.1) is 23.9 Å². The average molecular weight is 329 g/mol. The lowest BCUT2D eigenvalue weighted by atomic mass is 10.1. The number of nitrogens with one attached hydrogen (secondary N) is 1. The molecule has 1 N–H and O–H groups in total. The molecule has 0 spiro atoms. The van der Waals surface area contributed by atoms with Crippen LogP contribution >= 0.6 is 0 Å². The van der Waals surface area contributed by atoms with E-state index in [1.165, 1.54) is 31.4 Å². The molecule has 1 amide bonds. The molecular formula is C18H16FNO4. The lowest BCUT2D eigenvalue weighted by Gasteiger charge is -2.09. The Hall–Kier alpha value is -3.02. The van der Waals surface area contributed by atoms with Crippen molar-refractivity contribution in [1.82, 2.24) is 0 Å². The van der Waals surface area contributed by atoms with Crippen LogP contribution in [0.4, 0.5) is 10.1 Å². The van der Waals surface area contributed by atoms with Crippen LogP contribution < -0.4 is 5.32 Å². The number of ketones is 1. The summed E-state index contributed by atoms with van der Waals surface area (Å²) in [7, 11) is 1.24. The van der Waals surface area contributed by atoms with Crippen LogP contribution in [0.15, 0.2) is 48.5 Å². The Morgan fingerprint density at radius 2 is 1.58 bits per heavy atom. The van der Waals surface area contributed by atoms with Gasteiger partial charge in [0.2, 0.25) is 5.91 Å². The van der Waals surface area contributed by atoms with Crippen molar-refractivity contribution in [3.63, 3.8) is 0 Å². The Bertz CT molecular complexity index is 773. The van der Waals surface area contributed by atoms with Crippen molar-refractivity contribution >= 4 is 23.3 Å². The zero-order chi connectivity index (χ0) is 17.5. The Morgan fingerprint density at radius 3 is 2.25 bits per heavy atom. The minimum Gasteiger partial charge on any atom is -0.465 e. The summed E-state index contributed by atoms with van der Waals surface area (Å²) in [4.78, 5) is 35.6. The predicted octanol–water partition coefficient (Wildman–Crippen LogP) is 3.21. The molecule has 0 atom stereocenters. The molecule has 0 bridgehead atoms. The Morgan fingerprint density at radius 1 is 0.958 bits per heavy atom. The summed E-state index contributed by atoms with van der Waals surface area (Å²) in [6, 6.07) is 12.0. The van der Waals surface area contributed by atoms with Crippen LogP contribution in [0.25, 0.3) is 0 Å². The van der Waals surface area contributed by atoms with Gasteiger partial charge in [-0.3, -0.25) is 9.59 Å². The molecular weight excluding hydrogens is 313 g/mol. The molecule has 0 unspecified atom stereocenters. The number of benzene rings is 2. The first-order valence-electron chi connectivity index (χ1n) is 7.28. The van der Waals surface area contributed by atoms with Crippen LogP contribution in [0.1, 0.15) is 33.6 Å². The van der Waals surface area contributed by atoms with Crippen molar-refractivity contribution < 1.29 is 23.5 Å². The number of esters is 1. The van der Waals surface area contributed by atoms with Gasteiger partial charge in [-0.05, 0) is 24.3 Å². The first-order chi connectivity index (χ1) is 11.5. The lowest BCUT2D eigenvalue weighted by Crippen LogP contribution is -2.16. The zero-order valence-corrected chi connectivity index (χ0v) is 13.0. The number of amides is 1. The highest BCUT2D eigenvalue weighted by Crippen LogP contribution is 2.17. The van der Waals surface area contributed by atoms with Crippen molar-refractivity contribution in [1.29, 1.82) is 0 Å². The van der Waals surface area contributed by atoms with Crippen LogP contribution in [0, 0.1) is 5.82 Å². The minimum absolute atomic E-state index is 0.0414. The van der Waals surface area contributed by atoms with Crippen LogP contribution in [-0.2, 0) is 9.53 Å². The standard InChI is InChI=1S/C18H16FNO4/c1-24-18(23)13-7-3-5-9-15(13)20-17(22)11-10-16(21)12-6-2-4-8-14(12)19/h2-9H,10-11H2,1H3,(H,20,22). The number of rotatable bonds is 6. The maximum atomic E-state index is 13.5. The molecule has 0 fully saturated rings. The van der Waals surface area contributed by atoms with E-state index in [2.05, 4.69) is 10.1 Å². The molecule has 124 valence electrons. The molecule has 2 rings (SSSR count). The number of halogens is 1. The van der Waals surface area contributed by atoms with E-state index in [0.717, 1.165) is 0 Å². The van der Waals surface area contributed by atoms with Gasteiger partial charge in [0.15, 0.2) is 5.78 Å². The predicted molar refractivity (Wildman–Crippen MR) is 86.4 cm³/mol. The van der Waals surface area contributed by atoms with Crippen molar-refractivity contribution in [3.05, 3.63) is 65.5 Å². The lowest BCUT2D eigenvalue weighted by molar-refractivity contribution is -0.116. The quantitative estimate of drug-likeness (QED) is 0.652. The first kappa shape index (κ1) is 17.3. The van der Waals surface area contributed by atoms with Gasteiger partial charge in [0, 0.05) is 12.8 Å². The van der Waals surface area contributed by atoms with E-state index < -0.39 is 23.5 Å². The molecule has 0 aliphatic heterocycles. The number of carbonyl (C=O) groups is 3. The number of carbonyl (C=O) groups excluding carboxylic acids is 3. The van der Waals surface area contributed by atoms with E-state index in [4.69, 9.17) is 0 Å². The minimum atomic E-state index is -0.612. The van der Waals surface area contributed by atoms with Gasteiger partial charge in [-0.25, -0.2) is 9.18 Å². The van der Waals surface area contributed by atoms with Crippen LogP contribution in [0.2, 0.25) is 0 Å². The van der Waals surface area contributed by atoms with Gasteiger partial charge < -0.3 is 10.1 Å². The van der Waals surface area contributed by atoms with Crippen LogP contribution in [0.3, 0.4) is 0 Å². The van der Waals surface area contributed by atoms with Crippen molar-refractivity contribution in [3.8, 4) is 0 Å². The summed E-state index contributed by atoms with van der Waals surface area (Å²) in [5, 5.41) is 2.56. The number of para-hydroxylation sites is 1. The number of hydrogen-bond acceptors (Lipinski definition) is 4. The first-order valence-corrected chi connectivity index (χ1v) is 7.28. The summed E-state index contributed by atoms with van der Waals surface area (Å²) in [6.45, 7) is 0. The van der Waals surface area contributed by atoms with E-state index in [0.29, 0.717) is 5.69 Å². The monoisotopic (exact) mass is 329 g/mol. The van der Waals surface area contributed by atoms with E-state index in [-0.39, 0.29) is 24.0 Å². The number of anilines is 1. The zero-order valence-electron chi connectivity index (χ0n) is 13.0. The van der Waals surface area contributed by atoms with E-state index >= 15 is 0 Å². The molecule has 2 aromatic carbocycles. The fourth-order valence-electron chi connectivity index (χ4n) is 2.14. The van der Waals surface area contributed by atoms with Gasteiger partial charge in [0.25, 0.3) is 0 Å². The third-order valence-electron chi connectivity index (χ3n) is 3.36. The van der Waals surface area contributed by atoms with E-state index in [1.54, 1.807) is 24.3 Å². The summed E-state index contributed by atoms with van der Waals surface area (Å²) in [5.74, 6) is -2.09. The molecule has 0 radical (unpaired) electrons. The molecule has 0 aliphatic rings. The second-order valence-electron chi connectivity index (χ2n) is 4.99. The molecule has 0 heterocycles. The van der Waals surface area contributed by atoms with Gasteiger partial charge in [-0.2, -0.15) is 0 Å². The van der Waals surface area contributed by atoms with E-state index in [9.17, 15) is 18.8 Å². The number of methoxy groups -OCH3 is 1. The SMILES string of the molecule is COC(=O)c1ccccc1NC(=O)CCC(=O)c1ccccc1F. The molecule has 6 heteroatoms. The largest absolute Gasteiger partial charge is 0.465 e. The van der Waals surface area contributed by atoms with E-state index in [1.807, 2.05) is 0 Å². The number of hydrogen-bond donors (Lipinski definition) is 1. The van der Waals surface area contributed by atoms with Crippen molar-refractivity contribution in [2.24, 2.45) is 0 Å². The topological polar surface area (TPSA) is 72.5 Å². The molecule has 24 heavy (non-hydrogen) atoms. The highest BCUT2D eigenvalue weighted by atomic mass is 19.1. The summed E-state index contributed by atoms with van der Waals surface area (Å²) in [6.07, 6.45) is -0.254. The molecule has 0 saturated carbocycles. The smallest absolute Gasteiger partial charge is 0.339 e. The third-order valence-corrected chi connectivity index (χ3v) is 3.36. The summed E-state index contributed by atoms with van der Waals surface area (Å²) in [5.41, 5.74) is 0.474. The third kappa shape index (κ3) is 4.25. The fraction of sp³-hybridized carbons (Fsp3) is 0.167. The fourth-order valence-corrected chi connectivity index (χ4v) is 2.14. The highest BCUT2D eigenvalue weighted by Gasteiger charge is 2.15. The maximum Gasteiger partial charge on any atom is 0.339 e. The van der Waals surface area contributed by atoms with Gasteiger partial charge in [-0.1, -0.05) is 24.3 Å². The normalized spacial score (nSPS) is 10.1.